The minimum absolute atomic E-state index is 0.0432. The number of nitrogens with one attached hydrogen (secondary N) is 1. The molecule has 1 unspecified atom stereocenters. The van der Waals surface area contributed by atoms with Crippen molar-refractivity contribution in [3.8, 4) is 5.88 Å². The first-order valence-corrected chi connectivity index (χ1v) is 6.46. The van der Waals surface area contributed by atoms with Crippen LogP contribution in [-0.4, -0.2) is 34.2 Å². The summed E-state index contributed by atoms with van der Waals surface area (Å²) < 4.78 is 5.46. The van der Waals surface area contributed by atoms with Gasteiger partial charge in [0.05, 0.1) is 12.5 Å². The number of aliphatic carboxylic acids is 1. The van der Waals surface area contributed by atoms with Crippen LogP contribution in [0.3, 0.4) is 0 Å². The monoisotopic (exact) mass is 267 g/mol. The van der Waals surface area contributed by atoms with Gasteiger partial charge in [-0.1, -0.05) is 20.8 Å². The van der Waals surface area contributed by atoms with E-state index in [1.807, 2.05) is 20.8 Å². The van der Waals surface area contributed by atoms with Crippen molar-refractivity contribution in [3.63, 3.8) is 0 Å². The van der Waals surface area contributed by atoms with E-state index in [4.69, 9.17) is 9.84 Å². The third-order valence-corrected chi connectivity index (χ3v) is 2.72. The summed E-state index contributed by atoms with van der Waals surface area (Å²) in [5.74, 6) is -0.342. The molecule has 1 aromatic rings. The lowest BCUT2D eigenvalue weighted by atomic mass is 9.96. The molecule has 6 heteroatoms. The molecule has 0 spiro atoms. The van der Waals surface area contributed by atoms with E-state index < -0.39 is 11.9 Å². The second-order valence-corrected chi connectivity index (χ2v) is 4.63. The molecule has 0 saturated carbocycles. The fourth-order valence-corrected chi connectivity index (χ4v) is 1.57. The van der Waals surface area contributed by atoms with E-state index in [9.17, 15) is 4.79 Å². The summed E-state index contributed by atoms with van der Waals surface area (Å²) in [5, 5.41) is 12.1. The molecule has 0 aliphatic rings. The Bertz CT molecular complexity index is 410. The van der Waals surface area contributed by atoms with Crippen LogP contribution in [0.25, 0.3) is 0 Å². The number of carbonyl (C=O) groups is 1. The van der Waals surface area contributed by atoms with Gasteiger partial charge in [0.15, 0.2) is 5.82 Å². The van der Waals surface area contributed by atoms with E-state index in [0.717, 1.165) is 6.42 Å². The zero-order valence-electron chi connectivity index (χ0n) is 11.6. The van der Waals surface area contributed by atoms with Crippen LogP contribution in [0.4, 0.5) is 5.82 Å². The average Bonchev–Trinajstić information content (AvgIpc) is 2.37. The molecule has 0 aliphatic carbocycles. The Labute approximate surface area is 113 Å². The Morgan fingerprint density at radius 3 is 2.68 bits per heavy atom. The molecule has 1 aromatic heterocycles. The van der Waals surface area contributed by atoms with Crippen molar-refractivity contribution in [3.05, 3.63) is 12.4 Å². The minimum atomic E-state index is -0.817. The van der Waals surface area contributed by atoms with Crippen LogP contribution in [0.5, 0.6) is 5.88 Å². The Balaban J connectivity index is 2.68. The summed E-state index contributed by atoms with van der Waals surface area (Å²) >= 11 is 0. The van der Waals surface area contributed by atoms with Crippen molar-refractivity contribution in [2.45, 2.75) is 27.2 Å². The first-order valence-electron chi connectivity index (χ1n) is 6.46. The van der Waals surface area contributed by atoms with Gasteiger partial charge in [-0.25, -0.2) is 9.97 Å². The number of aromatic nitrogens is 2. The van der Waals surface area contributed by atoms with Gasteiger partial charge in [-0.15, -0.1) is 0 Å². The predicted molar refractivity (Wildman–Crippen MR) is 72.3 cm³/mol. The molecule has 0 aromatic carbocycles. The Kier molecular flexibility index (Phi) is 6.05. The topological polar surface area (TPSA) is 84.3 Å². The normalized spacial score (nSPS) is 12.2. The number of carboxylic acid groups (broad SMARTS) is 1. The zero-order chi connectivity index (χ0) is 14.3. The average molecular weight is 267 g/mol. The Morgan fingerprint density at radius 1 is 1.42 bits per heavy atom. The molecule has 0 fully saturated rings. The quantitative estimate of drug-likeness (QED) is 0.749. The van der Waals surface area contributed by atoms with E-state index in [1.165, 1.54) is 0 Å². The SMILES string of the molecule is CCCOc1nccnc1NCC(C(=O)O)C(C)C. The van der Waals surface area contributed by atoms with Crippen LogP contribution in [-0.2, 0) is 4.79 Å². The van der Waals surface area contributed by atoms with Gasteiger partial charge in [0, 0.05) is 18.9 Å². The second-order valence-electron chi connectivity index (χ2n) is 4.63. The van der Waals surface area contributed by atoms with E-state index in [1.54, 1.807) is 12.4 Å². The van der Waals surface area contributed by atoms with Gasteiger partial charge < -0.3 is 15.2 Å². The van der Waals surface area contributed by atoms with Crippen molar-refractivity contribution < 1.29 is 14.6 Å². The maximum Gasteiger partial charge on any atom is 0.308 e. The number of carboxylic acids is 1. The Hall–Kier alpha value is -1.85. The lowest BCUT2D eigenvalue weighted by Gasteiger charge is -2.17. The lowest BCUT2D eigenvalue weighted by molar-refractivity contribution is -0.142. The molecule has 0 aliphatic heterocycles. The minimum Gasteiger partial charge on any atom is -0.481 e. The van der Waals surface area contributed by atoms with Crippen LogP contribution in [0.1, 0.15) is 27.2 Å². The van der Waals surface area contributed by atoms with Crippen LogP contribution < -0.4 is 10.1 Å². The maximum absolute atomic E-state index is 11.1. The molecule has 0 saturated heterocycles. The highest BCUT2D eigenvalue weighted by atomic mass is 16.5. The standard InChI is InChI=1S/C13H21N3O3/c1-4-7-19-12-11(14-5-6-15-12)16-8-10(9(2)3)13(17)18/h5-6,9-10H,4,7-8H2,1-3H3,(H,14,16)(H,17,18). The van der Waals surface area contributed by atoms with Crippen molar-refractivity contribution >= 4 is 11.8 Å². The van der Waals surface area contributed by atoms with E-state index in [-0.39, 0.29) is 5.92 Å². The summed E-state index contributed by atoms with van der Waals surface area (Å²) in [6.45, 7) is 6.62. The third-order valence-electron chi connectivity index (χ3n) is 2.72. The fourth-order valence-electron chi connectivity index (χ4n) is 1.57. The summed E-state index contributed by atoms with van der Waals surface area (Å²) in [6, 6.07) is 0. The highest BCUT2D eigenvalue weighted by molar-refractivity contribution is 5.71. The van der Waals surface area contributed by atoms with Crippen molar-refractivity contribution in [1.82, 2.24) is 9.97 Å². The molecule has 0 amide bonds. The third kappa shape index (κ3) is 4.73. The van der Waals surface area contributed by atoms with Crippen molar-refractivity contribution in [2.24, 2.45) is 11.8 Å². The van der Waals surface area contributed by atoms with Crippen LogP contribution in [0, 0.1) is 11.8 Å². The van der Waals surface area contributed by atoms with Gasteiger partial charge >= 0.3 is 5.97 Å². The lowest BCUT2D eigenvalue weighted by Crippen LogP contribution is -2.28. The predicted octanol–water partition coefficient (Wildman–Crippen LogP) is 2.03. The summed E-state index contributed by atoms with van der Waals surface area (Å²) in [4.78, 5) is 19.3. The molecule has 6 nitrogen and oxygen atoms in total. The first kappa shape index (κ1) is 15.2. The summed E-state index contributed by atoms with van der Waals surface area (Å²) in [6.07, 6.45) is 3.97. The molecule has 1 atom stereocenters. The maximum atomic E-state index is 11.1. The molecule has 2 N–H and O–H groups in total. The van der Waals surface area contributed by atoms with Gasteiger partial charge in [-0.2, -0.15) is 0 Å². The highest BCUT2D eigenvalue weighted by Crippen LogP contribution is 2.19. The van der Waals surface area contributed by atoms with Crippen molar-refractivity contribution in [1.29, 1.82) is 0 Å². The molecule has 0 bridgehead atoms. The molecular weight excluding hydrogens is 246 g/mol. The smallest absolute Gasteiger partial charge is 0.308 e. The molecule has 19 heavy (non-hydrogen) atoms. The number of hydrogen-bond donors (Lipinski definition) is 2. The molecular formula is C13H21N3O3. The summed E-state index contributed by atoms with van der Waals surface area (Å²) in [7, 11) is 0. The highest BCUT2D eigenvalue weighted by Gasteiger charge is 2.21. The molecule has 1 rings (SSSR count). The van der Waals surface area contributed by atoms with Gasteiger partial charge in [0.1, 0.15) is 0 Å². The summed E-state index contributed by atoms with van der Waals surface area (Å²) in [5.41, 5.74) is 0. The number of anilines is 1. The zero-order valence-corrected chi connectivity index (χ0v) is 11.6. The first-order chi connectivity index (χ1) is 9.06. The van der Waals surface area contributed by atoms with Crippen LogP contribution in [0.2, 0.25) is 0 Å². The van der Waals surface area contributed by atoms with Crippen molar-refractivity contribution in [2.75, 3.05) is 18.5 Å². The van der Waals surface area contributed by atoms with E-state index in [2.05, 4.69) is 15.3 Å². The Morgan fingerprint density at radius 2 is 2.11 bits per heavy atom. The van der Waals surface area contributed by atoms with E-state index >= 15 is 0 Å². The number of hydrogen-bond acceptors (Lipinski definition) is 5. The fraction of sp³-hybridized carbons (Fsp3) is 0.615. The molecule has 0 radical (unpaired) electrons. The van der Waals surface area contributed by atoms with Crippen LogP contribution >= 0.6 is 0 Å². The number of rotatable bonds is 8. The van der Waals surface area contributed by atoms with Crippen LogP contribution in [0.15, 0.2) is 12.4 Å². The molecule has 106 valence electrons. The van der Waals surface area contributed by atoms with Gasteiger partial charge in [-0.3, -0.25) is 4.79 Å². The van der Waals surface area contributed by atoms with Gasteiger partial charge in [-0.05, 0) is 12.3 Å². The van der Waals surface area contributed by atoms with E-state index in [0.29, 0.717) is 24.8 Å². The second kappa shape index (κ2) is 7.56. The molecule has 1 heterocycles. The van der Waals surface area contributed by atoms with Gasteiger partial charge in [0.25, 0.3) is 5.88 Å². The number of nitrogens with zero attached hydrogens (tertiary/aromatic N) is 2. The number of ether oxygens (including phenoxy) is 1. The largest absolute Gasteiger partial charge is 0.481 e. The van der Waals surface area contributed by atoms with Gasteiger partial charge in [0.2, 0.25) is 0 Å².